The number of hydrazine groups is 1. The Balaban J connectivity index is 1.40. The number of phosphoric acid groups is 3. The molecule has 3 aromatic rings. The smallest absolute Gasteiger partial charge is 0.461 e. The number of hydrogen-bond acceptors (Lipinski definition) is 38. The molecule has 5 N–H and O–H groups in total. The molecule has 0 aliphatic heterocycles. The van der Waals surface area contributed by atoms with Crippen LogP contribution in [0, 0.1) is 34.0 Å². The maximum atomic E-state index is 13.2. The van der Waals surface area contributed by atoms with Crippen LogP contribution in [0.1, 0.15) is 127 Å². The minimum absolute atomic E-state index is 0.0146. The van der Waals surface area contributed by atoms with E-state index in [2.05, 4.69) is 26.8 Å². The van der Waals surface area contributed by atoms with Crippen LogP contribution in [-0.4, -0.2) is 278 Å². The average Bonchev–Trinajstić information content (AvgIpc) is 0.869. The molecule has 45 heteroatoms. The van der Waals surface area contributed by atoms with Crippen LogP contribution >= 0.6 is 23.5 Å². The molecule has 0 aliphatic rings. The Labute approximate surface area is 756 Å². The second-order valence-corrected chi connectivity index (χ2v) is 33.4. The van der Waals surface area contributed by atoms with Crippen molar-refractivity contribution in [3.05, 3.63) is 108 Å². The lowest BCUT2D eigenvalue weighted by Crippen LogP contribution is -2.62. The maximum Gasteiger partial charge on any atom is 0.502 e. The van der Waals surface area contributed by atoms with E-state index in [1.807, 2.05) is 84.9 Å². The summed E-state index contributed by atoms with van der Waals surface area (Å²) in [7, 11) is -12.2. The molecule has 3 atom stereocenters. The lowest BCUT2D eigenvalue weighted by Gasteiger charge is -2.34. The molecule has 0 aliphatic carbocycles. The highest BCUT2D eigenvalue weighted by Gasteiger charge is 2.35. The Morgan fingerprint density at radius 2 is 0.620 bits per heavy atom. The number of rotatable bonds is 87. The summed E-state index contributed by atoms with van der Waals surface area (Å²) in [6.45, 7) is 6.93. The number of carbonyl (C=O) groups excluding carboxylic acids is 6. The van der Waals surface area contributed by atoms with Crippen LogP contribution in [0.15, 0.2) is 91.0 Å². The summed E-state index contributed by atoms with van der Waals surface area (Å²) in [5.74, 6) is -1.73. The molecule has 4 amide bonds. The molecule has 0 radical (unpaired) electrons. The number of ether oxygens (including phenoxy) is 15. The number of unbranched alkanes of at least 4 members (excludes halogenated alkanes) is 4. The molecule has 728 valence electrons. The molecule has 129 heavy (non-hydrogen) atoms. The molecule has 0 fully saturated rings. The van der Waals surface area contributed by atoms with Crippen LogP contribution in [0.4, 0.5) is 4.79 Å². The zero-order chi connectivity index (χ0) is 93.4. The number of nitriles is 3. The van der Waals surface area contributed by atoms with Gasteiger partial charge in [0.25, 0.3) is 0 Å². The van der Waals surface area contributed by atoms with E-state index in [0.717, 1.165) is 16.7 Å². The molecule has 3 rings (SSSR count). The summed E-state index contributed by atoms with van der Waals surface area (Å²) in [6, 6.07) is 33.4. The first-order chi connectivity index (χ1) is 62.6. The third kappa shape index (κ3) is 68.2. The minimum Gasteiger partial charge on any atom is -0.461 e. The second-order valence-electron chi connectivity index (χ2n) is 28.5. The molecule has 42 nitrogen and oxygen atoms in total. The van der Waals surface area contributed by atoms with Gasteiger partial charge < -0.3 is 87.0 Å². The summed E-state index contributed by atoms with van der Waals surface area (Å²) in [5.41, 5.74) is 5.67. The van der Waals surface area contributed by atoms with Gasteiger partial charge in [-0.2, -0.15) is 15.8 Å². The predicted octanol–water partition coefficient (Wildman–Crippen LogP) is 9.43. The first kappa shape index (κ1) is 116. The van der Waals surface area contributed by atoms with E-state index >= 15 is 0 Å². The minimum atomic E-state index is -4.16. The molecule has 3 aromatic carbocycles. The molecule has 3 unspecified atom stereocenters. The largest absolute Gasteiger partial charge is 0.502 e. The van der Waals surface area contributed by atoms with Crippen LogP contribution < -0.4 is 26.8 Å². The monoisotopic (exact) mass is 1890 g/mol. The predicted molar refractivity (Wildman–Crippen MR) is 461 cm³/mol. The SMILES string of the molecule is CC(C)(C)OC(=O)NNC(COCCC(=O)NCCOCCOCCOCCOP(=O)(OCCC#N)OCCCCCC(=O)OCc1ccccc1)(COCCC(=O)NCCOCCOCCOCCOP(=O)(OCCC#N)OCCCCCC(=O)OCc1ccccc1)COCCC(=O)NCCOCCOCCOCCOP(=O)(OCCC#N)OOCc1ccccc1. The average molecular weight is 1890 g/mol. The highest BCUT2D eigenvalue weighted by molar-refractivity contribution is 7.49. The van der Waals surface area contributed by atoms with Crippen molar-refractivity contribution in [2.24, 2.45) is 0 Å². The van der Waals surface area contributed by atoms with E-state index in [4.69, 9.17) is 133 Å². The Bertz CT molecular complexity index is 3530. The van der Waals surface area contributed by atoms with Crippen molar-refractivity contribution in [2.45, 2.75) is 142 Å². The van der Waals surface area contributed by atoms with E-state index < -0.39 is 40.7 Å². The van der Waals surface area contributed by atoms with E-state index in [0.29, 0.717) is 38.5 Å². The lowest BCUT2D eigenvalue weighted by molar-refractivity contribution is -0.237. The van der Waals surface area contributed by atoms with Gasteiger partial charge in [0.2, 0.25) is 17.7 Å². The maximum absolute atomic E-state index is 13.2. The molecule has 0 spiro atoms. The Morgan fingerprint density at radius 3 is 0.953 bits per heavy atom. The van der Waals surface area contributed by atoms with Gasteiger partial charge in [0.05, 0.1) is 249 Å². The van der Waals surface area contributed by atoms with Crippen LogP contribution in [0.3, 0.4) is 0 Å². The van der Waals surface area contributed by atoms with Crippen LogP contribution in [0.2, 0.25) is 0 Å². The van der Waals surface area contributed by atoms with Crippen molar-refractivity contribution in [1.82, 2.24) is 26.8 Å². The Morgan fingerprint density at radius 1 is 0.326 bits per heavy atom. The van der Waals surface area contributed by atoms with Crippen molar-refractivity contribution in [3.8, 4) is 18.2 Å². The summed E-state index contributed by atoms with van der Waals surface area (Å²) < 4.78 is 171. The molecule has 0 aromatic heterocycles. The molecule has 0 bridgehead atoms. The summed E-state index contributed by atoms with van der Waals surface area (Å²) in [6.07, 6.45) is 2.44. The van der Waals surface area contributed by atoms with Crippen molar-refractivity contribution >= 4 is 59.2 Å². The zero-order valence-electron chi connectivity index (χ0n) is 74.5. The van der Waals surface area contributed by atoms with Gasteiger partial charge in [-0.1, -0.05) is 104 Å². The fourth-order valence-corrected chi connectivity index (χ4v) is 13.4. The van der Waals surface area contributed by atoms with Crippen LogP contribution in [0.5, 0.6) is 0 Å². The third-order valence-electron chi connectivity index (χ3n) is 16.4. The summed E-state index contributed by atoms with van der Waals surface area (Å²) in [5, 5.41) is 35.0. The van der Waals surface area contributed by atoms with Gasteiger partial charge in [-0.3, -0.25) is 65.6 Å². The van der Waals surface area contributed by atoms with Gasteiger partial charge in [0, 0.05) is 51.7 Å². The first-order valence-electron chi connectivity index (χ1n) is 42.9. The van der Waals surface area contributed by atoms with Gasteiger partial charge in [-0.05, 0) is 63.1 Å². The summed E-state index contributed by atoms with van der Waals surface area (Å²) in [4.78, 5) is 81.3. The molecular formula is C84H133N8O34P3. The number of nitrogens with zero attached hydrogens (tertiary/aromatic N) is 3. The molecule has 0 heterocycles. The van der Waals surface area contributed by atoms with Gasteiger partial charge in [-0.15, -0.1) is 4.67 Å². The van der Waals surface area contributed by atoms with Crippen molar-refractivity contribution in [2.75, 3.05) is 231 Å². The topological polar surface area (TPSA) is 516 Å². The standard InChI is InChI=1S/C84H133N8O34P3/c1-83(2,3)125-82(98)91-92-84(73-113-46-32-79(95)90-38-49-104-52-55-107-58-61-110-64-67-124-129(101,121-43-21-35-87)126-116-70-76-26-13-6-14-27-76,71-111-44-30-77(93)88-36-47-102-50-53-105-56-59-108-62-65-122-127(99,119-41-19-33-85)117-39-17-7-15-28-80(96)114-68-74-22-9-4-10-23-74)72-112-45-31-78(94)89-37-48-103-51-54-106-57-60-109-63-66-123-128(100,120-42-20-34-86)118-40-18-8-16-29-81(97)115-69-75-24-11-5-12-25-75/h4-6,9-14,22-27,92H,7-8,15-21,28-32,36-73H2,1-3H3,(H,88,93)(H,89,94)(H,90,95)(H,91,98). The number of carbonyl (C=O) groups is 6. The number of hydrogen-bond donors (Lipinski definition) is 5. The number of phosphoric ester groups is 3. The van der Waals surface area contributed by atoms with Gasteiger partial charge in [0.1, 0.15) is 31.0 Å². The Hall–Kier alpha value is -7.48. The molecular weight excluding hydrogens is 1760 g/mol. The van der Waals surface area contributed by atoms with Gasteiger partial charge in [-0.25, -0.2) is 28.8 Å². The fourth-order valence-electron chi connectivity index (χ4n) is 10.0. The molecule has 0 saturated carbocycles. The highest BCUT2D eigenvalue weighted by Crippen LogP contribution is 2.51. The Kier molecular flexibility index (Phi) is 69.1. The van der Waals surface area contributed by atoms with Crippen molar-refractivity contribution in [1.29, 1.82) is 15.8 Å². The number of nitrogens with one attached hydrogen (secondary N) is 5. The number of esters is 2. The van der Waals surface area contributed by atoms with Crippen molar-refractivity contribution < 1.29 is 159 Å². The number of benzene rings is 3. The first-order valence-corrected chi connectivity index (χ1v) is 47.3. The second kappa shape index (κ2) is 77.0. The third-order valence-corrected chi connectivity index (χ3v) is 20.7. The zero-order valence-corrected chi connectivity index (χ0v) is 77.2. The fraction of sp³-hybridized carbons (Fsp3) is 0.679. The lowest BCUT2D eigenvalue weighted by atomic mass is 10.0. The van der Waals surface area contributed by atoms with Crippen LogP contribution in [-0.2, 0) is 174 Å². The summed E-state index contributed by atoms with van der Waals surface area (Å²) >= 11 is 0. The highest BCUT2D eigenvalue weighted by atomic mass is 31.2. The van der Waals surface area contributed by atoms with Crippen LogP contribution in [0.25, 0.3) is 0 Å². The quantitative estimate of drug-likeness (QED) is 0.00876. The van der Waals surface area contributed by atoms with Crippen molar-refractivity contribution in [3.63, 3.8) is 0 Å². The molecule has 0 saturated heterocycles. The number of amides is 4. The van der Waals surface area contributed by atoms with E-state index in [9.17, 15) is 42.5 Å². The van der Waals surface area contributed by atoms with E-state index in [1.165, 1.54) is 0 Å². The van der Waals surface area contributed by atoms with E-state index in [-0.39, 0.29) is 332 Å². The van der Waals surface area contributed by atoms with E-state index in [1.54, 1.807) is 45.0 Å². The van der Waals surface area contributed by atoms with Gasteiger partial charge >= 0.3 is 41.5 Å². The normalized spacial score (nSPS) is 13.3. The van der Waals surface area contributed by atoms with Gasteiger partial charge in [0.15, 0.2) is 0 Å².